The minimum atomic E-state index is 0.0277. The van der Waals surface area contributed by atoms with Crippen LogP contribution in [0.2, 0.25) is 0 Å². The first-order valence-electron chi connectivity index (χ1n) is 6.06. The lowest BCUT2D eigenvalue weighted by molar-refractivity contribution is 0.465. The number of aromatic amines is 1. The molecule has 2 rings (SSSR count). The van der Waals surface area contributed by atoms with Crippen molar-refractivity contribution in [2.45, 2.75) is 33.7 Å². The molecule has 0 aliphatic heterocycles. The van der Waals surface area contributed by atoms with Gasteiger partial charge in [-0.25, -0.2) is 0 Å². The molecule has 4 nitrogen and oxygen atoms in total. The van der Waals surface area contributed by atoms with E-state index in [0.29, 0.717) is 5.75 Å². The highest BCUT2D eigenvalue weighted by molar-refractivity contribution is 5.54. The predicted octanol–water partition coefficient (Wildman–Crippen LogP) is 3.21. The highest BCUT2D eigenvalue weighted by atomic mass is 16.3. The summed E-state index contributed by atoms with van der Waals surface area (Å²) in [5.41, 5.74) is 4.98. The van der Waals surface area contributed by atoms with E-state index in [9.17, 15) is 5.11 Å². The summed E-state index contributed by atoms with van der Waals surface area (Å²) in [5.74, 6) is 0.319. The van der Waals surface area contributed by atoms with Crippen LogP contribution in [0.5, 0.6) is 5.75 Å². The Morgan fingerprint density at radius 2 is 2.00 bits per heavy atom. The SMILES string of the molecule is Cc1ccc(O)c(C(C)Nc2c(C)n[nH]c2C)c1. The van der Waals surface area contributed by atoms with Gasteiger partial charge in [0, 0.05) is 5.56 Å². The fraction of sp³-hybridized carbons (Fsp3) is 0.357. The quantitative estimate of drug-likeness (QED) is 0.778. The maximum absolute atomic E-state index is 9.91. The standard InChI is InChI=1S/C14H19N3O/c1-8-5-6-13(18)12(7-8)9(2)15-14-10(3)16-17-11(14)4/h5-7,9,15,18H,1-4H3,(H,16,17). The molecule has 1 aromatic heterocycles. The van der Waals surface area contributed by atoms with Gasteiger partial charge >= 0.3 is 0 Å². The van der Waals surface area contributed by atoms with Gasteiger partial charge < -0.3 is 10.4 Å². The van der Waals surface area contributed by atoms with Gasteiger partial charge in [0.1, 0.15) is 5.75 Å². The fourth-order valence-corrected chi connectivity index (χ4v) is 2.08. The first-order chi connectivity index (χ1) is 8.49. The molecule has 0 bridgehead atoms. The smallest absolute Gasteiger partial charge is 0.120 e. The summed E-state index contributed by atoms with van der Waals surface area (Å²) in [6.45, 7) is 7.98. The van der Waals surface area contributed by atoms with E-state index < -0.39 is 0 Å². The number of anilines is 1. The van der Waals surface area contributed by atoms with Gasteiger partial charge in [0.15, 0.2) is 0 Å². The molecule has 96 valence electrons. The zero-order valence-electron chi connectivity index (χ0n) is 11.2. The monoisotopic (exact) mass is 245 g/mol. The second-order valence-corrected chi connectivity index (χ2v) is 4.74. The predicted molar refractivity (Wildman–Crippen MR) is 72.9 cm³/mol. The molecule has 18 heavy (non-hydrogen) atoms. The van der Waals surface area contributed by atoms with Crippen LogP contribution in [0.1, 0.15) is 35.5 Å². The zero-order chi connectivity index (χ0) is 13.3. The Balaban J connectivity index is 2.27. The number of aromatic hydroxyl groups is 1. The second kappa shape index (κ2) is 4.72. The molecule has 0 spiro atoms. The lowest BCUT2D eigenvalue weighted by Gasteiger charge is -2.17. The Hall–Kier alpha value is -1.97. The fourth-order valence-electron chi connectivity index (χ4n) is 2.08. The molecule has 3 N–H and O–H groups in total. The molecule has 1 atom stereocenters. The van der Waals surface area contributed by atoms with Gasteiger partial charge in [0.25, 0.3) is 0 Å². The van der Waals surface area contributed by atoms with E-state index in [1.165, 1.54) is 0 Å². The lowest BCUT2D eigenvalue weighted by Crippen LogP contribution is -2.08. The molecule has 1 aromatic carbocycles. The van der Waals surface area contributed by atoms with Crippen molar-refractivity contribution in [1.29, 1.82) is 0 Å². The minimum absolute atomic E-state index is 0.0277. The Kier molecular flexibility index (Phi) is 3.28. The molecule has 1 unspecified atom stereocenters. The molecule has 1 heterocycles. The number of phenols is 1. The molecule has 0 radical (unpaired) electrons. The van der Waals surface area contributed by atoms with Crippen LogP contribution in [-0.4, -0.2) is 15.3 Å². The van der Waals surface area contributed by atoms with Gasteiger partial charge in [0.05, 0.1) is 23.1 Å². The average Bonchev–Trinajstić information content (AvgIpc) is 2.64. The van der Waals surface area contributed by atoms with E-state index in [2.05, 4.69) is 15.5 Å². The molecular weight excluding hydrogens is 226 g/mol. The van der Waals surface area contributed by atoms with E-state index in [0.717, 1.165) is 28.2 Å². The highest BCUT2D eigenvalue weighted by Crippen LogP contribution is 2.29. The number of benzene rings is 1. The molecule has 2 aromatic rings. The summed E-state index contributed by atoms with van der Waals surface area (Å²) in [6.07, 6.45) is 0. The highest BCUT2D eigenvalue weighted by Gasteiger charge is 2.14. The molecule has 0 fully saturated rings. The van der Waals surface area contributed by atoms with Crippen LogP contribution in [-0.2, 0) is 0 Å². The number of aryl methyl sites for hydroxylation is 3. The Bertz CT molecular complexity index is 541. The molecule has 0 amide bonds. The van der Waals surface area contributed by atoms with Crippen molar-refractivity contribution in [2.75, 3.05) is 5.32 Å². The maximum atomic E-state index is 9.91. The molecule has 0 saturated carbocycles. The summed E-state index contributed by atoms with van der Waals surface area (Å²) in [5, 5.41) is 20.4. The minimum Gasteiger partial charge on any atom is -0.508 e. The van der Waals surface area contributed by atoms with Crippen molar-refractivity contribution in [3.05, 3.63) is 40.7 Å². The first kappa shape index (κ1) is 12.5. The second-order valence-electron chi connectivity index (χ2n) is 4.74. The largest absolute Gasteiger partial charge is 0.508 e. The third kappa shape index (κ3) is 2.32. The zero-order valence-corrected chi connectivity index (χ0v) is 11.2. The summed E-state index contributed by atoms with van der Waals surface area (Å²) in [7, 11) is 0. The van der Waals surface area contributed by atoms with E-state index in [-0.39, 0.29) is 6.04 Å². The number of phenolic OH excluding ortho intramolecular Hbond substituents is 1. The topological polar surface area (TPSA) is 60.9 Å². The van der Waals surface area contributed by atoms with Gasteiger partial charge in [-0.1, -0.05) is 17.7 Å². The molecule has 0 aliphatic rings. The van der Waals surface area contributed by atoms with Gasteiger partial charge in [-0.15, -0.1) is 0 Å². The number of rotatable bonds is 3. The lowest BCUT2D eigenvalue weighted by atomic mass is 10.0. The van der Waals surface area contributed by atoms with Crippen molar-refractivity contribution >= 4 is 5.69 Å². The summed E-state index contributed by atoms with van der Waals surface area (Å²) < 4.78 is 0. The number of nitrogens with one attached hydrogen (secondary N) is 2. The molecule has 0 aliphatic carbocycles. The average molecular weight is 245 g/mol. The van der Waals surface area contributed by atoms with Crippen molar-refractivity contribution in [3.8, 4) is 5.75 Å². The Labute approximate surface area is 107 Å². The van der Waals surface area contributed by atoms with Crippen molar-refractivity contribution < 1.29 is 5.11 Å². The van der Waals surface area contributed by atoms with E-state index in [1.54, 1.807) is 6.07 Å². The van der Waals surface area contributed by atoms with Gasteiger partial charge in [0.2, 0.25) is 0 Å². The normalized spacial score (nSPS) is 12.4. The number of hydrogen-bond donors (Lipinski definition) is 3. The van der Waals surface area contributed by atoms with Crippen LogP contribution in [0.4, 0.5) is 5.69 Å². The van der Waals surface area contributed by atoms with E-state index in [1.807, 2.05) is 39.8 Å². The summed E-state index contributed by atoms with van der Waals surface area (Å²) in [4.78, 5) is 0. The van der Waals surface area contributed by atoms with Crippen LogP contribution in [0.25, 0.3) is 0 Å². The van der Waals surface area contributed by atoms with Gasteiger partial charge in [-0.3, -0.25) is 5.10 Å². The van der Waals surface area contributed by atoms with Gasteiger partial charge in [-0.05, 0) is 33.8 Å². The van der Waals surface area contributed by atoms with E-state index >= 15 is 0 Å². The van der Waals surface area contributed by atoms with E-state index in [4.69, 9.17) is 0 Å². The van der Waals surface area contributed by atoms with Crippen LogP contribution < -0.4 is 5.32 Å². The molecular formula is C14H19N3O. The van der Waals surface area contributed by atoms with Crippen LogP contribution in [0.15, 0.2) is 18.2 Å². The summed E-state index contributed by atoms with van der Waals surface area (Å²) in [6, 6.07) is 5.66. The van der Waals surface area contributed by atoms with Crippen molar-refractivity contribution in [3.63, 3.8) is 0 Å². The first-order valence-corrected chi connectivity index (χ1v) is 6.06. The van der Waals surface area contributed by atoms with Crippen LogP contribution >= 0.6 is 0 Å². The number of hydrogen-bond acceptors (Lipinski definition) is 3. The van der Waals surface area contributed by atoms with Crippen molar-refractivity contribution in [1.82, 2.24) is 10.2 Å². The molecule has 0 saturated heterocycles. The Morgan fingerprint density at radius 3 is 2.61 bits per heavy atom. The van der Waals surface area contributed by atoms with Crippen molar-refractivity contribution in [2.24, 2.45) is 0 Å². The third-order valence-electron chi connectivity index (χ3n) is 3.14. The van der Waals surface area contributed by atoms with Crippen LogP contribution in [0, 0.1) is 20.8 Å². The summed E-state index contributed by atoms with van der Waals surface area (Å²) >= 11 is 0. The van der Waals surface area contributed by atoms with Gasteiger partial charge in [-0.2, -0.15) is 5.10 Å². The number of H-pyrrole nitrogens is 1. The maximum Gasteiger partial charge on any atom is 0.120 e. The Morgan fingerprint density at radius 1 is 1.28 bits per heavy atom. The van der Waals surface area contributed by atoms with Crippen LogP contribution in [0.3, 0.4) is 0 Å². The third-order valence-corrected chi connectivity index (χ3v) is 3.14. The molecule has 4 heteroatoms. The number of nitrogens with zero attached hydrogens (tertiary/aromatic N) is 1. The number of aromatic nitrogens is 2.